The van der Waals surface area contributed by atoms with Crippen molar-refractivity contribution in [2.45, 2.75) is 79.0 Å². The number of nitrogens with zero attached hydrogens (tertiary/aromatic N) is 1. The highest BCUT2D eigenvalue weighted by Crippen LogP contribution is 2.14. The SMILES string of the molecule is CC[C@H](C)[C@H](NC(=O)[C@H](Cc1cccnc1)NC(=O)OC(C)(C)C)C(=O)C(C)C. The van der Waals surface area contributed by atoms with Crippen LogP contribution in [0.2, 0.25) is 0 Å². The molecule has 0 aromatic carbocycles. The van der Waals surface area contributed by atoms with Gasteiger partial charge in [0.05, 0.1) is 6.04 Å². The number of hydrogen-bond donors (Lipinski definition) is 2. The lowest BCUT2D eigenvalue weighted by molar-refractivity contribution is -0.131. The number of amides is 2. The van der Waals surface area contributed by atoms with E-state index in [4.69, 9.17) is 4.74 Å². The lowest BCUT2D eigenvalue weighted by Crippen LogP contribution is -2.55. The van der Waals surface area contributed by atoms with Gasteiger partial charge in [-0.3, -0.25) is 14.6 Å². The molecule has 0 aliphatic carbocycles. The number of hydrogen-bond acceptors (Lipinski definition) is 5. The van der Waals surface area contributed by atoms with Gasteiger partial charge in [0.25, 0.3) is 0 Å². The molecule has 0 unspecified atom stereocenters. The van der Waals surface area contributed by atoms with E-state index in [2.05, 4.69) is 15.6 Å². The summed E-state index contributed by atoms with van der Waals surface area (Å²) in [6.45, 7) is 12.8. The first-order valence-electron chi connectivity index (χ1n) is 10.2. The number of alkyl carbamates (subject to hydrolysis) is 1. The second-order valence-electron chi connectivity index (χ2n) is 8.69. The van der Waals surface area contributed by atoms with Gasteiger partial charge in [-0.05, 0) is 38.3 Å². The average Bonchev–Trinajstić information content (AvgIpc) is 2.63. The van der Waals surface area contributed by atoms with Crippen molar-refractivity contribution in [1.82, 2.24) is 15.6 Å². The maximum atomic E-state index is 13.1. The molecule has 162 valence electrons. The van der Waals surface area contributed by atoms with Crippen molar-refractivity contribution in [3.63, 3.8) is 0 Å². The first-order valence-corrected chi connectivity index (χ1v) is 10.2. The Hall–Kier alpha value is -2.44. The van der Waals surface area contributed by atoms with Crippen LogP contribution >= 0.6 is 0 Å². The van der Waals surface area contributed by atoms with E-state index in [0.717, 1.165) is 12.0 Å². The minimum atomic E-state index is -0.888. The summed E-state index contributed by atoms with van der Waals surface area (Å²) < 4.78 is 5.30. The van der Waals surface area contributed by atoms with Gasteiger partial charge in [-0.25, -0.2) is 4.79 Å². The van der Waals surface area contributed by atoms with Crippen molar-refractivity contribution in [1.29, 1.82) is 0 Å². The molecule has 0 saturated carbocycles. The molecule has 0 radical (unpaired) electrons. The van der Waals surface area contributed by atoms with Crippen LogP contribution in [0.5, 0.6) is 0 Å². The third-order valence-corrected chi connectivity index (χ3v) is 4.56. The zero-order valence-electron chi connectivity index (χ0n) is 18.6. The third kappa shape index (κ3) is 8.62. The van der Waals surface area contributed by atoms with Crippen molar-refractivity contribution < 1.29 is 19.1 Å². The normalized spacial score (nSPS) is 14.6. The molecular formula is C22H35N3O4. The van der Waals surface area contributed by atoms with Crippen LogP contribution < -0.4 is 10.6 Å². The summed E-state index contributed by atoms with van der Waals surface area (Å²) in [5.74, 6) is -0.664. The molecule has 1 rings (SSSR count). The fourth-order valence-electron chi connectivity index (χ4n) is 2.76. The number of pyridine rings is 1. The van der Waals surface area contributed by atoms with Crippen molar-refractivity contribution in [2.75, 3.05) is 0 Å². The van der Waals surface area contributed by atoms with Gasteiger partial charge in [0, 0.05) is 24.7 Å². The molecule has 1 aromatic heterocycles. The molecule has 0 bridgehead atoms. The van der Waals surface area contributed by atoms with E-state index in [1.807, 2.05) is 33.8 Å². The number of ether oxygens (including phenoxy) is 1. The maximum absolute atomic E-state index is 13.1. The summed E-state index contributed by atoms with van der Waals surface area (Å²) in [6, 6.07) is 2.10. The van der Waals surface area contributed by atoms with E-state index in [1.165, 1.54) is 0 Å². The average molecular weight is 406 g/mol. The molecule has 29 heavy (non-hydrogen) atoms. The maximum Gasteiger partial charge on any atom is 0.408 e. The van der Waals surface area contributed by atoms with E-state index >= 15 is 0 Å². The van der Waals surface area contributed by atoms with Gasteiger partial charge in [-0.15, -0.1) is 0 Å². The monoisotopic (exact) mass is 405 g/mol. The minimum Gasteiger partial charge on any atom is -0.444 e. The topological polar surface area (TPSA) is 97.4 Å². The van der Waals surface area contributed by atoms with E-state index in [1.54, 1.807) is 39.2 Å². The van der Waals surface area contributed by atoms with E-state index in [0.29, 0.717) is 0 Å². The lowest BCUT2D eigenvalue weighted by atomic mass is 9.89. The largest absolute Gasteiger partial charge is 0.444 e. The second-order valence-corrected chi connectivity index (χ2v) is 8.69. The Labute approximate surface area is 174 Å². The molecule has 7 heteroatoms. The molecule has 0 aliphatic rings. The van der Waals surface area contributed by atoms with Crippen LogP contribution in [0.1, 0.15) is 60.5 Å². The van der Waals surface area contributed by atoms with Crippen molar-refractivity contribution in [3.05, 3.63) is 30.1 Å². The Morgan fingerprint density at radius 3 is 2.28 bits per heavy atom. The molecule has 0 aliphatic heterocycles. The van der Waals surface area contributed by atoms with Gasteiger partial charge in [0.1, 0.15) is 11.6 Å². The third-order valence-electron chi connectivity index (χ3n) is 4.56. The van der Waals surface area contributed by atoms with Crippen LogP contribution in [-0.2, 0) is 20.7 Å². The van der Waals surface area contributed by atoms with E-state index < -0.39 is 29.7 Å². The fraction of sp³-hybridized carbons (Fsp3) is 0.636. The van der Waals surface area contributed by atoms with E-state index in [-0.39, 0.29) is 24.0 Å². The number of Topliss-reactive ketones (excluding diaryl/α,β-unsaturated/α-hetero) is 1. The Balaban J connectivity index is 3.03. The first-order chi connectivity index (χ1) is 13.4. The standard InChI is InChI=1S/C22H35N3O4/c1-8-15(4)18(19(26)14(2)3)25-20(27)17(12-16-10-9-11-23-13-16)24-21(28)29-22(5,6)7/h9-11,13-15,17-18H,8,12H2,1-7H3,(H,24,28)(H,25,27)/t15-,17-,18-/m0/s1. The van der Waals surface area contributed by atoms with Gasteiger partial charge in [-0.1, -0.05) is 40.2 Å². The molecule has 3 atom stereocenters. The number of rotatable bonds is 9. The molecular weight excluding hydrogens is 370 g/mol. The van der Waals surface area contributed by atoms with E-state index in [9.17, 15) is 14.4 Å². The van der Waals surface area contributed by atoms with Gasteiger partial charge in [-0.2, -0.15) is 0 Å². The lowest BCUT2D eigenvalue weighted by Gasteiger charge is -2.28. The Bertz CT molecular complexity index is 683. The van der Waals surface area contributed by atoms with Gasteiger partial charge >= 0.3 is 6.09 Å². The number of nitrogens with one attached hydrogen (secondary N) is 2. The summed E-state index contributed by atoms with van der Waals surface area (Å²) >= 11 is 0. The molecule has 0 spiro atoms. The van der Waals surface area contributed by atoms with Gasteiger partial charge < -0.3 is 15.4 Å². The fourth-order valence-corrected chi connectivity index (χ4v) is 2.76. The van der Waals surface area contributed by atoms with Crippen LogP contribution in [0.15, 0.2) is 24.5 Å². The number of carbonyl (C=O) groups excluding carboxylic acids is 3. The summed E-state index contributed by atoms with van der Waals surface area (Å²) in [4.78, 5) is 42.0. The summed E-state index contributed by atoms with van der Waals surface area (Å²) in [7, 11) is 0. The number of carbonyl (C=O) groups is 3. The predicted octanol–water partition coefficient (Wildman–Crippen LogP) is 3.27. The summed E-state index contributed by atoms with van der Waals surface area (Å²) in [6.07, 6.45) is 3.58. The molecule has 0 saturated heterocycles. The van der Waals surface area contributed by atoms with Gasteiger partial charge in [0.2, 0.25) is 5.91 Å². The van der Waals surface area contributed by atoms with Crippen LogP contribution in [-0.4, -0.2) is 40.5 Å². The first kappa shape index (κ1) is 24.6. The zero-order chi connectivity index (χ0) is 22.2. The summed E-state index contributed by atoms with van der Waals surface area (Å²) in [5, 5.41) is 5.50. The molecule has 2 N–H and O–H groups in total. The Kier molecular flexibility index (Phi) is 9.27. The van der Waals surface area contributed by atoms with Crippen LogP contribution in [0, 0.1) is 11.8 Å². The van der Waals surface area contributed by atoms with Crippen molar-refractivity contribution in [3.8, 4) is 0 Å². The molecule has 7 nitrogen and oxygen atoms in total. The minimum absolute atomic E-state index is 0.0191. The quantitative estimate of drug-likeness (QED) is 0.657. The van der Waals surface area contributed by atoms with Gasteiger partial charge in [0.15, 0.2) is 5.78 Å². The molecule has 1 heterocycles. The zero-order valence-corrected chi connectivity index (χ0v) is 18.6. The predicted molar refractivity (Wildman–Crippen MR) is 112 cm³/mol. The van der Waals surface area contributed by atoms with Crippen LogP contribution in [0.25, 0.3) is 0 Å². The van der Waals surface area contributed by atoms with Crippen LogP contribution in [0.4, 0.5) is 4.79 Å². The Morgan fingerprint density at radius 2 is 1.79 bits per heavy atom. The smallest absolute Gasteiger partial charge is 0.408 e. The molecule has 1 aromatic rings. The van der Waals surface area contributed by atoms with Crippen molar-refractivity contribution in [2.24, 2.45) is 11.8 Å². The molecule has 0 fully saturated rings. The summed E-state index contributed by atoms with van der Waals surface area (Å²) in [5.41, 5.74) is 0.103. The number of ketones is 1. The second kappa shape index (κ2) is 10.9. The highest BCUT2D eigenvalue weighted by atomic mass is 16.6. The highest BCUT2D eigenvalue weighted by molar-refractivity contribution is 5.93. The van der Waals surface area contributed by atoms with Crippen LogP contribution in [0.3, 0.4) is 0 Å². The highest BCUT2D eigenvalue weighted by Gasteiger charge is 2.31. The van der Waals surface area contributed by atoms with Crippen molar-refractivity contribution >= 4 is 17.8 Å². The molecule has 2 amide bonds. The Morgan fingerprint density at radius 1 is 1.14 bits per heavy atom. The number of aromatic nitrogens is 1.